The number of benzene rings is 2. The summed E-state index contributed by atoms with van der Waals surface area (Å²) in [4.78, 5) is 29.1. The Hall–Kier alpha value is -3.24. The molecule has 0 bridgehead atoms. The van der Waals surface area contributed by atoms with Crippen LogP contribution in [0.5, 0.6) is 17.2 Å². The molecule has 10 heteroatoms. The van der Waals surface area contributed by atoms with E-state index in [9.17, 15) is 9.59 Å². The Labute approximate surface area is 194 Å². The Morgan fingerprint density at radius 2 is 1.75 bits per heavy atom. The number of rotatable bonds is 10. The van der Waals surface area contributed by atoms with E-state index in [1.165, 1.54) is 30.2 Å². The van der Waals surface area contributed by atoms with Gasteiger partial charge >= 0.3 is 0 Å². The van der Waals surface area contributed by atoms with E-state index in [1.54, 1.807) is 50.6 Å². The van der Waals surface area contributed by atoms with Gasteiger partial charge < -0.3 is 24.8 Å². The molecule has 8 nitrogen and oxygen atoms in total. The van der Waals surface area contributed by atoms with Gasteiger partial charge in [-0.25, -0.2) is 4.98 Å². The van der Waals surface area contributed by atoms with E-state index in [0.29, 0.717) is 34.3 Å². The van der Waals surface area contributed by atoms with Gasteiger partial charge in [0.1, 0.15) is 17.2 Å². The minimum absolute atomic E-state index is 0.113. The molecule has 0 aliphatic rings. The van der Waals surface area contributed by atoms with Crippen LogP contribution < -0.4 is 24.8 Å². The molecule has 3 rings (SSSR count). The SMILES string of the molecule is COc1cccc(NC(=O)CSc2nc(CC(=O)Nc3ccc(OC)cc3OC)cs2)c1. The van der Waals surface area contributed by atoms with Crippen LogP contribution >= 0.6 is 23.1 Å². The predicted molar refractivity (Wildman–Crippen MR) is 126 cm³/mol. The van der Waals surface area contributed by atoms with Gasteiger partial charge in [-0.2, -0.15) is 0 Å². The van der Waals surface area contributed by atoms with E-state index < -0.39 is 0 Å². The largest absolute Gasteiger partial charge is 0.497 e. The number of nitrogens with one attached hydrogen (secondary N) is 2. The van der Waals surface area contributed by atoms with E-state index in [2.05, 4.69) is 15.6 Å². The van der Waals surface area contributed by atoms with E-state index in [1.807, 2.05) is 11.4 Å². The van der Waals surface area contributed by atoms with Crippen LogP contribution in [0.3, 0.4) is 0 Å². The molecule has 0 spiro atoms. The number of aromatic nitrogens is 1. The summed E-state index contributed by atoms with van der Waals surface area (Å²) in [5.41, 5.74) is 1.86. The molecule has 0 saturated heterocycles. The molecule has 3 aromatic rings. The maximum atomic E-state index is 12.4. The third-order valence-electron chi connectivity index (χ3n) is 4.24. The number of thiazole rings is 1. The van der Waals surface area contributed by atoms with Crippen molar-refractivity contribution in [2.75, 3.05) is 37.7 Å². The first-order valence-corrected chi connectivity index (χ1v) is 11.4. The van der Waals surface area contributed by atoms with Crippen molar-refractivity contribution in [2.45, 2.75) is 10.8 Å². The van der Waals surface area contributed by atoms with Gasteiger partial charge in [-0.15, -0.1) is 11.3 Å². The maximum absolute atomic E-state index is 12.4. The highest BCUT2D eigenvalue weighted by Gasteiger charge is 2.13. The zero-order valence-corrected chi connectivity index (χ0v) is 19.5. The molecule has 0 radical (unpaired) electrons. The molecule has 0 saturated carbocycles. The van der Waals surface area contributed by atoms with Crippen LogP contribution in [0.1, 0.15) is 5.69 Å². The number of hydrogen-bond acceptors (Lipinski definition) is 8. The van der Waals surface area contributed by atoms with Crippen molar-refractivity contribution in [3.8, 4) is 17.2 Å². The molecule has 2 aromatic carbocycles. The summed E-state index contributed by atoms with van der Waals surface area (Å²) in [6, 6.07) is 12.3. The summed E-state index contributed by atoms with van der Waals surface area (Å²) in [6.07, 6.45) is 0.113. The van der Waals surface area contributed by atoms with Gasteiger partial charge in [0.25, 0.3) is 0 Å². The predicted octanol–water partition coefficient (Wildman–Crippen LogP) is 4.08. The van der Waals surface area contributed by atoms with Crippen LogP contribution in [-0.4, -0.2) is 43.9 Å². The summed E-state index contributed by atoms with van der Waals surface area (Å²) in [5.74, 6) is 1.66. The summed E-state index contributed by atoms with van der Waals surface area (Å²) >= 11 is 2.71. The van der Waals surface area contributed by atoms with Gasteiger partial charge in [-0.3, -0.25) is 9.59 Å². The van der Waals surface area contributed by atoms with Crippen molar-refractivity contribution in [1.82, 2.24) is 4.98 Å². The molecule has 0 aliphatic carbocycles. The van der Waals surface area contributed by atoms with Gasteiger partial charge in [0.15, 0.2) is 4.34 Å². The average molecular weight is 474 g/mol. The molecule has 1 aromatic heterocycles. The van der Waals surface area contributed by atoms with Crippen molar-refractivity contribution in [3.63, 3.8) is 0 Å². The molecule has 0 unspecified atom stereocenters. The van der Waals surface area contributed by atoms with Gasteiger partial charge in [-0.1, -0.05) is 17.8 Å². The number of ether oxygens (including phenoxy) is 3. The van der Waals surface area contributed by atoms with Crippen molar-refractivity contribution in [2.24, 2.45) is 0 Å². The lowest BCUT2D eigenvalue weighted by Gasteiger charge is -2.11. The number of nitrogens with zero attached hydrogens (tertiary/aromatic N) is 1. The van der Waals surface area contributed by atoms with Crippen LogP contribution in [0.15, 0.2) is 52.2 Å². The first-order valence-electron chi connectivity index (χ1n) is 9.53. The molecule has 1 heterocycles. The van der Waals surface area contributed by atoms with Crippen LogP contribution in [0.25, 0.3) is 0 Å². The average Bonchev–Trinajstić information content (AvgIpc) is 3.25. The lowest BCUT2D eigenvalue weighted by atomic mass is 10.2. The molecule has 2 amide bonds. The molecule has 0 aliphatic heterocycles. The highest BCUT2D eigenvalue weighted by Crippen LogP contribution is 2.29. The fourth-order valence-electron chi connectivity index (χ4n) is 2.72. The van der Waals surface area contributed by atoms with E-state index in [4.69, 9.17) is 14.2 Å². The minimum atomic E-state index is -0.217. The maximum Gasteiger partial charge on any atom is 0.234 e. The Morgan fingerprint density at radius 1 is 0.969 bits per heavy atom. The van der Waals surface area contributed by atoms with Crippen molar-refractivity contribution in [3.05, 3.63) is 53.5 Å². The number of methoxy groups -OCH3 is 3. The molecule has 32 heavy (non-hydrogen) atoms. The van der Waals surface area contributed by atoms with Crippen LogP contribution in [0.2, 0.25) is 0 Å². The van der Waals surface area contributed by atoms with Gasteiger partial charge in [0.05, 0.1) is 44.9 Å². The van der Waals surface area contributed by atoms with E-state index in [-0.39, 0.29) is 24.0 Å². The summed E-state index contributed by atoms with van der Waals surface area (Å²) < 4.78 is 16.3. The number of carbonyl (C=O) groups excluding carboxylic acids is 2. The molecule has 2 N–H and O–H groups in total. The quantitative estimate of drug-likeness (QED) is 0.428. The van der Waals surface area contributed by atoms with Gasteiger partial charge in [0.2, 0.25) is 11.8 Å². The number of hydrogen-bond donors (Lipinski definition) is 2. The smallest absolute Gasteiger partial charge is 0.234 e. The van der Waals surface area contributed by atoms with Gasteiger partial charge in [-0.05, 0) is 24.3 Å². The molecular formula is C22H23N3O5S2. The second-order valence-electron chi connectivity index (χ2n) is 6.46. The fourth-order valence-corrected chi connectivity index (χ4v) is 4.37. The van der Waals surface area contributed by atoms with Crippen molar-refractivity contribution >= 4 is 46.3 Å². The number of anilines is 2. The van der Waals surface area contributed by atoms with Crippen LogP contribution in [-0.2, 0) is 16.0 Å². The van der Waals surface area contributed by atoms with Crippen LogP contribution in [0, 0.1) is 0 Å². The van der Waals surface area contributed by atoms with Crippen LogP contribution in [0.4, 0.5) is 11.4 Å². The standard InChI is InChI=1S/C22H23N3O5S2/c1-28-16-6-4-5-14(9-16)23-21(27)13-32-22-24-15(12-31-22)10-20(26)25-18-8-7-17(29-2)11-19(18)30-3/h4-9,11-12H,10,13H2,1-3H3,(H,23,27)(H,25,26). The number of amides is 2. The Balaban J connectivity index is 1.50. The Morgan fingerprint density at radius 3 is 2.50 bits per heavy atom. The summed E-state index contributed by atoms with van der Waals surface area (Å²) in [7, 11) is 4.66. The highest BCUT2D eigenvalue weighted by molar-refractivity contribution is 8.01. The summed E-state index contributed by atoms with van der Waals surface area (Å²) in [6.45, 7) is 0. The normalized spacial score (nSPS) is 10.3. The third-order valence-corrected chi connectivity index (χ3v) is 6.31. The third kappa shape index (κ3) is 6.63. The number of carbonyl (C=O) groups is 2. The fraction of sp³-hybridized carbons (Fsp3) is 0.227. The molecular weight excluding hydrogens is 450 g/mol. The first kappa shape index (κ1) is 23.4. The zero-order chi connectivity index (χ0) is 22.9. The Bertz CT molecular complexity index is 1090. The monoisotopic (exact) mass is 473 g/mol. The molecule has 0 fully saturated rings. The molecule has 168 valence electrons. The van der Waals surface area contributed by atoms with E-state index in [0.717, 1.165) is 4.34 Å². The second-order valence-corrected chi connectivity index (χ2v) is 8.55. The summed E-state index contributed by atoms with van der Waals surface area (Å²) in [5, 5.41) is 7.46. The minimum Gasteiger partial charge on any atom is -0.497 e. The lowest BCUT2D eigenvalue weighted by molar-refractivity contribution is -0.116. The highest BCUT2D eigenvalue weighted by atomic mass is 32.2. The van der Waals surface area contributed by atoms with Crippen molar-refractivity contribution in [1.29, 1.82) is 0 Å². The topological polar surface area (TPSA) is 98.8 Å². The van der Waals surface area contributed by atoms with Crippen molar-refractivity contribution < 1.29 is 23.8 Å². The van der Waals surface area contributed by atoms with Gasteiger partial charge in [0, 0.05) is 23.2 Å². The zero-order valence-electron chi connectivity index (χ0n) is 17.8. The first-order chi connectivity index (χ1) is 15.5. The molecule has 0 atom stereocenters. The lowest BCUT2D eigenvalue weighted by Crippen LogP contribution is -2.15. The van der Waals surface area contributed by atoms with E-state index >= 15 is 0 Å². The Kier molecular flexibility index (Phi) is 8.34. The second kappa shape index (κ2) is 11.4. The number of thioether (sulfide) groups is 1.